The van der Waals surface area contributed by atoms with Gasteiger partial charge in [-0.15, -0.1) is 0 Å². The summed E-state index contributed by atoms with van der Waals surface area (Å²) in [5.74, 6) is 4.05. The van der Waals surface area contributed by atoms with Crippen molar-refractivity contribution in [3.05, 3.63) is 12.2 Å². The fourth-order valence-electron chi connectivity index (χ4n) is 3.87. The number of alkyl halides is 1. The zero-order valence-corrected chi connectivity index (χ0v) is 10.2. The molecule has 0 aliphatic heterocycles. The predicted molar refractivity (Wildman–Crippen MR) is 63.5 cm³/mol. The number of hydrogen-bond donors (Lipinski definition) is 0. The smallest absolute Gasteiger partial charge is 0.0146 e. The van der Waals surface area contributed by atoms with Gasteiger partial charge in [-0.05, 0) is 62.2 Å². The molecular formula is C13H19Br. The maximum Gasteiger partial charge on any atom is 0.0146 e. The van der Waals surface area contributed by atoms with Gasteiger partial charge in [-0.1, -0.05) is 28.1 Å². The van der Waals surface area contributed by atoms with Gasteiger partial charge in [-0.25, -0.2) is 0 Å². The van der Waals surface area contributed by atoms with Crippen LogP contribution in [0.5, 0.6) is 0 Å². The Kier molecular flexibility index (Phi) is 2.47. The summed E-state index contributed by atoms with van der Waals surface area (Å²) >= 11 is 3.75. The molecule has 3 aliphatic rings. The molecule has 3 atom stereocenters. The largest absolute Gasteiger partial charge is 0.0891 e. The van der Waals surface area contributed by atoms with Gasteiger partial charge in [0.25, 0.3) is 0 Å². The first-order valence-corrected chi connectivity index (χ1v) is 7.07. The number of allylic oxidation sites excluding steroid dienone is 2. The van der Waals surface area contributed by atoms with E-state index in [0.29, 0.717) is 0 Å². The lowest BCUT2D eigenvalue weighted by Gasteiger charge is -2.33. The molecule has 3 rings (SSSR count). The third-order valence-corrected chi connectivity index (χ3v) is 5.55. The van der Waals surface area contributed by atoms with Crippen molar-refractivity contribution >= 4 is 15.9 Å². The van der Waals surface area contributed by atoms with Crippen molar-refractivity contribution in [2.75, 3.05) is 0 Å². The Morgan fingerprint density at radius 3 is 2.29 bits per heavy atom. The van der Waals surface area contributed by atoms with E-state index in [0.717, 1.165) is 28.5 Å². The van der Waals surface area contributed by atoms with Crippen molar-refractivity contribution in [1.82, 2.24) is 0 Å². The fourth-order valence-corrected chi connectivity index (χ4v) is 4.40. The number of hydrogen-bond acceptors (Lipinski definition) is 0. The highest BCUT2D eigenvalue weighted by atomic mass is 79.9. The van der Waals surface area contributed by atoms with Crippen LogP contribution in [-0.4, -0.2) is 4.83 Å². The maximum absolute atomic E-state index is 3.75. The summed E-state index contributed by atoms with van der Waals surface area (Å²) in [7, 11) is 0. The van der Waals surface area contributed by atoms with Gasteiger partial charge in [-0.3, -0.25) is 0 Å². The molecule has 0 saturated heterocycles. The summed E-state index contributed by atoms with van der Waals surface area (Å²) in [6, 6.07) is 0. The third kappa shape index (κ3) is 1.58. The monoisotopic (exact) mass is 254 g/mol. The Hall–Kier alpha value is 0.220. The lowest BCUT2D eigenvalue weighted by Crippen LogP contribution is -2.24. The van der Waals surface area contributed by atoms with E-state index in [2.05, 4.69) is 28.1 Å². The van der Waals surface area contributed by atoms with Gasteiger partial charge < -0.3 is 0 Å². The molecule has 3 unspecified atom stereocenters. The van der Waals surface area contributed by atoms with Crippen molar-refractivity contribution in [1.29, 1.82) is 0 Å². The fraction of sp³-hybridized carbons (Fsp3) is 0.846. The second-order valence-electron chi connectivity index (χ2n) is 5.46. The van der Waals surface area contributed by atoms with Gasteiger partial charge in [0.2, 0.25) is 0 Å². The molecule has 14 heavy (non-hydrogen) atoms. The molecule has 2 fully saturated rings. The van der Waals surface area contributed by atoms with Crippen LogP contribution in [0.4, 0.5) is 0 Å². The van der Waals surface area contributed by atoms with E-state index in [-0.39, 0.29) is 0 Å². The van der Waals surface area contributed by atoms with E-state index in [4.69, 9.17) is 0 Å². The SMILES string of the molecule is BrC1CCC(C2CC3C=CC2C3)CC1. The normalized spacial score (nSPS) is 51.4. The van der Waals surface area contributed by atoms with Gasteiger partial charge in [-0.2, -0.15) is 0 Å². The Morgan fingerprint density at radius 1 is 0.929 bits per heavy atom. The van der Waals surface area contributed by atoms with Crippen LogP contribution in [0.25, 0.3) is 0 Å². The van der Waals surface area contributed by atoms with Crippen LogP contribution in [-0.2, 0) is 0 Å². The average molecular weight is 255 g/mol. The number of halogens is 1. The Balaban J connectivity index is 1.64. The van der Waals surface area contributed by atoms with Gasteiger partial charge >= 0.3 is 0 Å². The maximum atomic E-state index is 3.75. The van der Waals surface area contributed by atoms with Crippen LogP contribution >= 0.6 is 15.9 Å². The highest BCUT2D eigenvalue weighted by Crippen LogP contribution is 2.50. The van der Waals surface area contributed by atoms with Gasteiger partial charge in [0.05, 0.1) is 0 Å². The molecule has 1 heteroatoms. The van der Waals surface area contributed by atoms with Crippen molar-refractivity contribution in [2.45, 2.75) is 43.4 Å². The van der Waals surface area contributed by atoms with E-state index in [1.54, 1.807) is 0 Å². The minimum atomic E-state index is 0.827. The molecule has 0 nitrogen and oxygen atoms in total. The highest BCUT2D eigenvalue weighted by Gasteiger charge is 2.40. The topological polar surface area (TPSA) is 0 Å². The van der Waals surface area contributed by atoms with E-state index >= 15 is 0 Å². The lowest BCUT2D eigenvalue weighted by molar-refractivity contribution is 0.223. The molecular weight excluding hydrogens is 236 g/mol. The molecule has 2 saturated carbocycles. The van der Waals surface area contributed by atoms with Crippen LogP contribution in [0.3, 0.4) is 0 Å². The van der Waals surface area contributed by atoms with Crippen molar-refractivity contribution in [3.8, 4) is 0 Å². The van der Waals surface area contributed by atoms with Crippen LogP contribution in [0.2, 0.25) is 0 Å². The lowest BCUT2D eigenvalue weighted by atomic mass is 9.74. The zero-order valence-electron chi connectivity index (χ0n) is 8.66. The Bertz CT molecular complexity index is 238. The molecule has 78 valence electrons. The first-order chi connectivity index (χ1) is 6.83. The van der Waals surface area contributed by atoms with Crippen molar-refractivity contribution in [2.24, 2.45) is 23.7 Å². The van der Waals surface area contributed by atoms with E-state index in [1.165, 1.54) is 38.5 Å². The summed E-state index contributed by atoms with van der Waals surface area (Å²) in [4.78, 5) is 0.827. The second-order valence-corrected chi connectivity index (χ2v) is 6.75. The Morgan fingerprint density at radius 2 is 1.71 bits per heavy atom. The molecule has 0 heterocycles. The zero-order chi connectivity index (χ0) is 9.54. The van der Waals surface area contributed by atoms with Gasteiger partial charge in [0.1, 0.15) is 0 Å². The quantitative estimate of drug-likeness (QED) is 0.487. The summed E-state index contributed by atoms with van der Waals surface area (Å²) in [5, 5.41) is 0. The molecule has 2 bridgehead atoms. The summed E-state index contributed by atoms with van der Waals surface area (Å²) in [5.41, 5.74) is 0. The van der Waals surface area contributed by atoms with Gasteiger partial charge in [0, 0.05) is 4.83 Å². The van der Waals surface area contributed by atoms with Crippen LogP contribution in [0.1, 0.15) is 38.5 Å². The molecule has 0 aromatic heterocycles. The molecule has 0 N–H and O–H groups in total. The third-order valence-electron chi connectivity index (χ3n) is 4.64. The number of fused-ring (bicyclic) bond motifs is 2. The summed E-state index contributed by atoms with van der Waals surface area (Å²) in [6.45, 7) is 0. The average Bonchev–Trinajstić information content (AvgIpc) is 2.80. The minimum Gasteiger partial charge on any atom is -0.0891 e. The van der Waals surface area contributed by atoms with E-state index in [9.17, 15) is 0 Å². The molecule has 0 amide bonds. The first kappa shape index (κ1) is 9.45. The van der Waals surface area contributed by atoms with Crippen LogP contribution in [0, 0.1) is 23.7 Å². The number of rotatable bonds is 1. The van der Waals surface area contributed by atoms with Crippen LogP contribution < -0.4 is 0 Å². The van der Waals surface area contributed by atoms with Crippen LogP contribution in [0.15, 0.2) is 12.2 Å². The molecule has 0 radical (unpaired) electrons. The highest BCUT2D eigenvalue weighted by molar-refractivity contribution is 9.09. The second kappa shape index (κ2) is 3.66. The van der Waals surface area contributed by atoms with Crippen molar-refractivity contribution in [3.63, 3.8) is 0 Å². The van der Waals surface area contributed by atoms with Gasteiger partial charge in [0.15, 0.2) is 0 Å². The predicted octanol–water partition coefficient (Wildman–Crippen LogP) is 4.15. The Labute approximate surface area is 95.3 Å². The molecule has 0 aromatic rings. The molecule has 0 aromatic carbocycles. The molecule has 3 aliphatic carbocycles. The van der Waals surface area contributed by atoms with Crippen molar-refractivity contribution < 1.29 is 0 Å². The summed E-state index contributed by atoms with van der Waals surface area (Å²) < 4.78 is 0. The minimum absolute atomic E-state index is 0.827. The first-order valence-electron chi connectivity index (χ1n) is 6.15. The summed E-state index contributed by atoms with van der Waals surface area (Å²) in [6.07, 6.45) is 13.8. The molecule has 0 spiro atoms. The van der Waals surface area contributed by atoms with E-state index in [1.807, 2.05) is 0 Å². The van der Waals surface area contributed by atoms with E-state index < -0.39 is 0 Å². The standard InChI is InChI=1S/C13H19Br/c14-12-5-3-10(4-6-12)13-8-9-1-2-11(13)7-9/h1-2,9-13H,3-8H2.